The second-order valence-corrected chi connectivity index (χ2v) is 4.72. The highest BCUT2D eigenvalue weighted by atomic mass is 35.5. The number of aliphatic hydroxyl groups is 1. The Kier molecular flexibility index (Phi) is 4.80. The van der Waals surface area contributed by atoms with Gasteiger partial charge in [0.1, 0.15) is 0 Å². The topological polar surface area (TPSA) is 47.5 Å². The average Bonchev–Trinajstić information content (AvgIpc) is 2.49. The summed E-state index contributed by atoms with van der Waals surface area (Å²) in [4.78, 5) is 2.41. The van der Waals surface area contributed by atoms with Crippen molar-refractivity contribution < 1.29 is 5.11 Å². The lowest BCUT2D eigenvalue weighted by atomic mass is 10.1. The summed E-state index contributed by atoms with van der Waals surface area (Å²) in [5.41, 5.74) is 0. The van der Waals surface area contributed by atoms with Gasteiger partial charge in [0.05, 0.1) is 6.10 Å². The summed E-state index contributed by atoms with van der Waals surface area (Å²) in [7, 11) is 0. The Labute approximate surface area is 97.8 Å². The maximum absolute atomic E-state index is 9.79. The van der Waals surface area contributed by atoms with E-state index < -0.39 is 0 Å². The second-order valence-electron chi connectivity index (χ2n) is 4.72. The van der Waals surface area contributed by atoms with E-state index in [9.17, 15) is 5.11 Å². The van der Waals surface area contributed by atoms with Gasteiger partial charge in [-0.25, -0.2) is 0 Å². The van der Waals surface area contributed by atoms with Crippen molar-refractivity contribution in [1.29, 1.82) is 0 Å². The normalized spacial score (nSPS) is 42.6. The minimum Gasteiger partial charge on any atom is -0.390 e. The molecule has 5 heteroatoms. The molecule has 0 aromatic rings. The summed E-state index contributed by atoms with van der Waals surface area (Å²) >= 11 is 0. The molecule has 4 nitrogen and oxygen atoms in total. The number of halogens is 1. The van der Waals surface area contributed by atoms with Crippen LogP contribution in [-0.2, 0) is 0 Å². The number of nitrogens with zero attached hydrogens (tertiary/aromatic N) is 1. The van der Waals surface area contributed by atoms with Crippen molar-refractivity contribution in [2.45, 2.75) is 38.1 Å². The molecule has 0 aliphatic carbocycles. The first-order valence-corrected chi connectivity index (χ1v) is 5.55. The zero-order chi connectivity index (χ0) is 10.1. The fraction of sp³-hybridized carbons (Fsp3) is 1.00. The summed E-state index contributed by atoms with van der Waals surface area (Å²) in [6.07, 6.45) is -0.188. The molecule has 0 aromatic heterocycles. The van der Waals surface area contributed by atoms with Crippen molar-refractivity contribution in [2.75, 3.05) is 26.2 Å². The summed E-state index contributed by atoms with van der Waals surface area (Å²) in [5, 5.41) is 16.5. The first kappa shape index (κ1) is 13.2. The zero-order valence-electron chi connectivity index (χ0n) is 9.44. The molecule has 0 saturated carbocycles. The van der Waals surface area contributed by atoms with Gasteiger partial charge in [-0.15, -0.1) is 12.4 Å². The van der Waals surface area contributed by atoms with E-state index in [1.54, 1.807) is 0 Å². The average molecular weight is 236 g/mol. The molecule has 0 radical (unpaired) electrons. The highest BCUT2D eigenvalue weighted by Crippen LogP contribution is 2.13. The van der Waals surface area contributed by atoms with Crippen LogP contribution in [0.2, 0.25) is 0 Å². The first-order valence-electron chi connectivity index (χ1n) is 5.55. The number of aliphatic hydroxyl groups excluding tert-OH is 1. The number of piperazine rings is 1. The smallest absolute Gasteiger partial charge is 0.0831 e. The Bertz CT molecular complexity index is 195. The van der Waals surface area contributed by atoms with Crippen LogP contribution in [-0.4, -0.2) is 60.4 Å². The quantitative estimate of drug-likeness (QED) is 0.570. The van der Waals surface area contributed by atoms with E-state index in [0.29, 0.717) is 18.1 Å². The summed E-state index contributed by atoms with van der Waals surface area (Å²) in [6.45, 7) is 8.19. The Morgan fingerprint density at radius 2 is 1.73 bits per heavy atom. The van der Waals surface area contributed by atoms with E-state index in [2.05, 4.69) is 29.4 Å². The standard InChI is InChI=1S/C10H21N3O.ClH/c1-7-5-13(6-8(2)12-7)9-3-11-4-10(9)14;/h7-12,14H,3-6H2,1-2H3;1H/t7?,8?,9-,10-;/m1./s1. The van der Waals surface area contributed by atoms with Crippen molar-refractivity contribution in [3.8, 4) is 0 Å². The molecular formula is C10H22ClN3O. The number of β-amino-alcohol motifs (C(OH)–C–C–N with tert-alkyl or cyclic N) is 1. The molecule has 0 aromatic carbocycles. The molecule has 2 aliphatic heterocycles. The van der Waals surface area contributed by atoms with Crippen LogP contribution >= 0.6 is 12.4 Å². The van der Waals surface area contributed by atoms with E-state index in [4.69, 9.17) is 0 Å². The van der Waals surface area contributed by atoms with Gasteiger partial charge in [-0.1, -0.05) is 0 Å². The van der Waals surface area contributed by atoms with Crippen LogP contribution in [0.1, 0.15) is 13.8 Å². The van der Waals surface area contributed by atoms with Gasteiger partial charge in [-0.3, -0.25) is 4.90 Å². The molecule has 2 aliphatic rings. The molecule has 3 N–H and O–H groups in total. The van der Waals surface area contributed by atoms with Gasteiger partial charge in [0.15, 0.2) is 0 Å². The fourth-order valence-corrected chi connectivity index (χ4v) is 2.66. The van der Waals surface area contributed by atoms with Crippen LogP contribution in [0.15, 0.2) is 0 Å². The molecule has 15 heavy (non-hydrogen) atoms. The summed E-state index contributed by atoms with van der Waals surface area (Å²) in [6, 6.07) is 1.39. The lowest BCUT2D eigenvalue weighted by Crippen LogP contribution is -2.59. The third-order valence-electron chi connectivity index (χ3n) is 3.21. The monoisotopic (exact) mass is 235 g/mol. The number of nitrogens with one attached hydrogen (secondary N) is 2. The molecule has 90 valence electrons. The van der Waals surface area contributed by atoms with Gasteiger partial charge < -0.3 is 15.7 Å². The first-order chi connectivity index (χ1) is 6.66. The predicted octanol–water partition coefficient (Wildman–Crippen LogP) is -0.577. The largest absolute Gasteiger partial charge is 0.390 e. The van der Waals surface area contributed by atoms with Crippen LogP contribution in [0.3, 0.4) is 0 Å². The van der Waals surface area contributed by atoms with Crippen LogP contribution in [0.25, 0.3) is 0 Å². The van der Waals surface area contributed by atoms with Crippen molar-refractivity contribution in [1.82, 2.24) is 15.5 Å². The SMILES string of the molecule is CC1CN([C@@H]2CNC[C@H]2O)CC(C)N1.Cl. The van der Waals surface area contributed by atoms with Gasteiger partial charge in [0, 0.05) is 44.3 Å². The van der Waals surface area contributed by atoms with Crippen LogP contribution < -0.4 is 10.6 Å². The van der Waals surface area contributed by atoms with Crippen molar-refractivity contribution in [2.24, 2.45) is 0 Å². The third kappa shape index (κ3) is 3.04. The molecule has 4 atom stereocenters. The van der Waals surface area contributed by atoms with E-state index in [-0.39, 0.29) is 18.5 Å². The predicted molar refractivity (Wildman–Crippen MR) is 63.5 cm³/mol. The van der Waals surface area contributed by atoms with E-state index in [1.807, 2.05) is 0 Å². The highest BCUT2D eigenvalue weighted by Gasteiger charge is 2.33. The minimum absolute atomic E-state index is 0. The molecule has 0 spiro atoms. The van der Waals surface area contributed by atoms with Gasteiger partial charge in [0.25, 0.3) is 0 Å². The highest BCUT2D eigenvalue weighted by molar-refractivity contribution is 5.85. The molecule has 0 bridgehead atoms. The molecular weight excluding hydrogens is 214 g/mol. The molecule has 0 amide bonds. The lowest BCUT2D eigenvalue weighted by Gasteiger charge is -2.40. The van der Waals surface area contributed by atoms with E-state index in [0.717, 1.165) is 26.2 Å². The summed E-state index contributed by atoms with van der Waals surface area (Å²) < 4.78 is 0. The van der Waals surface area contributed by atoms with Crippen molar-refractivity contribution in [3.63, 3.8) is 0 Å². The van der Waals surface area contributed by atoms with Gasteiger partial charge >= 0.3 is 0 Å². The number of rotatable bonds is 1. The minimum atomic E-state index is -0.188. The maximum atomic E-state index is 9.79. The van der Waals surface area contributed by atoms with Gasteiger partial charge in [-0.2, -0.15) is 0 Å². The fourth-order valence-electron chi connectivity index (χ4n) is 2.66. The van der Waals surface area contributed by atoms with Crippen LogP contribution in [0, 0.1) is 0 Å². The zero-order valence-corrected chi connectivity index (χ0v) is 10.3. The maximum Gasteiger partial charge on any atom is 0.0831 e. The Balaban J connectivity index is 0.00000112. The third-order valence-corrected chi connectivity index (χ3v) is 3.21. The molecule has 2 rings (SSSR count). The number of hydrogen-bond donors (Lipinski definition) is 3. The van der Waals surface area contributed by atoms with Gasteiger partial charge in [0.2, 0.25) is 0 Å². The molecule has 2 heterocycles. The molecule has 2 fully saturated rings. The van der Waals surface area contributed by atoms with E-state index in [1.165, 1.54) is 0 Å². The van der Waals surface area contributed by atoms with Crippen molar-refractivity contribution in [3.05, 3.63) is 0 Å². The van der Waals surface area contributed by atoms with Crippen LogP contribution in [0.4, 0.5) is 0 Å². The van der Waals surface area contributed by atoms with Crippen LogP contribution in [0.5, 0.6) is 0 Å². The Morgan fingerprint density at radius 3 is 2.20 bits per heavy atom. The Hall–Kier alpha value is 0.130. The molecule has 2 saturated heterocycles. The second kappa shape index (κ2) is 5.46. The molecule has 2 unspecified atom stereocenters. The van der Waals surface area contributed by atoms with Gasteiger partial charge in [-0.05, 0) is 13.8 Å². The lowest BCUT2D eigenvalue weighted by molar-refractivity contribution is 0.0541. The van der Waals surface area contributed by atoms with Crippen molar-refractivity contribution >= 4 is 12.4 Å². The summed E-state index contributed by atoms with van der Waals surface area (Å²) in [5.74, 6) is 0. The Morgan fingerprint density at radius 1 is 1.13 bits per heavy atom. The van der Waals surface area contributed by atoms with E-state index >= 15 is 0 Å². The number of hydrogen-bond acceptors (Lipinski definition) is 4.